The number of amides is 2. The first-order valence-corrected chi connectivity index (χ1v) is 9.73. The molecule has 1 heterocycles. The second-order valence-corrected chi connectivity index (χ2v) is 6.93. The Bertz CT molecular complexity index is 916. The van der Waals surface area contributed by atoms with Crippen molar-refractivity contribution in [1.82, 2.24) is 10.6 Å². The molecular formula is C21H21ClN2O6. The van der Waals surface area contributed by atoms with Gasteiger partial charge < -0.3 is 24.8 Å². The van der Waals surface area contributed by atoms with E-state index >= 15 is 0 Å². The van der Waals surface area contributed by atoms with Gasteiger partial charge in [-0.15, -0.1) is 0 Å². The van der Waals surface area contributed by atoms with Gasteiger partial charge in [-0.2, -0.15) is 0 Å². The van der Waals surface area contributed by atoms with Gasteiger partial charge >= 0.3 is 5.97 Å². The largest absolute Gasteiger partial charge is 0.456 e. The number of carbonyl (C=O) groups is 3. The number of benzene rings is 2. The molecule has 0 saturated carbocycles. The molecule has 0 fully saturated rings. The number of hydrogen-bond donors (Lipinski definition) is 2. The third kappa shape index (κ3) is 6.38. The highest BCUT2D eigenvalue weighted by molar-refractivity contribution is 6.30. The van der Waals surface area contributed by atoms with Crippen LogP contribution in [0.15, 0.2) is 42.5 Å². The van der Waals surface area contributed by atoms with E-state index in [4.69, 9.17) is 25.8 Å². The lowest BCUT2D eigenvalue weighted by atomic mass is 10.2. The molecule has 2 aromatic rings. The summed E-state index contributed by atoms with van der Waals surface area (Å²) in [6.07, 6.45) is 0.493. The van der Waals surface area contributed by atoms with Crippen molar-refractivity contribution in [2.24, 2.45) is 0 Å². The van der Waals surface area contributed by atoms with Crippen LogP contribution >= 0.6 is 11.6 Å². The van der Waals surface area contributed by atoms with E-state index in [-0.39, 0.29) is 32.3 Å². The fraction of sp³-hybridized carbons (Fsp3) is 0.286. The number of esters is 1. The lowest BCUT2D eigenvalue weighted by molar-refractivity contribution is -0.148. The monoisotopic (exact) mass is 432 g/mol. The Morgan fingerprint density at radius 1 is 1.00 bits per heavy atom. The number of carbonyl (C=O) groups excluding carboxylic acids is 3. The van der Waals surface area contributed by atoms with E-state index in [9.17, 15) is 14.4 Å². The summed E-state index contributed by atoms with van der Waals surface area (Å²) in [7, 11) is 0. The zero-order chi connectivity index (χ0) is 21.3. The van der Waals surface area contributed by atoms with Crippen molar-refractivity contribution in [1.29, 1.82) is 0 Å². The number of hydrogen-bond acceptors (Lipinski definition) is 6. The fourth-order valence-corrected chi connectivity index (χ4v) is 2.78. The summed E-state index contributed by atoms with van der Waals surface area (Å²) in [6.45, 7) is 0.420. The number of nitrogens with one attached hydrogen (secondary N) is 2. The summed E-state index contributed by atoms with van der Waals surface area (Å²) >= 11 is 5.78. The Morgan fingerprint density at radius 3 is 2.57 bits per heavy atom. The van der Waals surface area contributed by atoms with Crippen LogP contribution in [0.1, 0.15) is 28.8 Å². The van der Waals surface area contributed by atoms with Crippen LogP contribution in [0, 0.1) is 0 Å². The molecule has 2 aromatic carbocycles. The predicted octanol–water partition coefficient (Wildman–Crippen LogP) is 2.44. The highest BCUT2D eigenvalue weighted by Crippen LogP contribution is 2.32. The van der Waals surface area contributed by atoms with E-state index < -0.39 is 11.9 Å². The first kappa shape index (κ1) is 21.4. The molecule has 3 rings (SSSR count). The van der Waals surface area contributed by atoms with Crippen LogP contribution in [0.25, 0.3) is 0 Å². The van der Waals surface area contributed by atoms with Gasteiger partial charge in [-0.3, -0.25) is 14.4 Å². The summed E-state index contributed by atoms with van der Waals surface area (Å²) in [5, 5.41) is 5.93. The molecule has 0 saturated heterocycles. The van der Waals surface area contributed by atoms with Gasteiger partial charge in [0.15, 0.2) is 18.1 Å². The lowest BCUT2D eigenvalue weighted by Gasteiger charge is -2.08. The topological polar surface area (TPSA) is 103 Å². The Labute approximate surface area is 178 Å². The third-order valence-electron chi connectivity index (χ3n) is 4.24. The summed E-state index contributed by atoms with van der Waals surface area (Å²) in [4.78, 5) is 35.5. The zero-order valence-electron chi connectivity index (χ0n) is 16.1. The van der Waals surface area contributed by atoms with Crippen LogP contribution in [0.3, 0.4) is 0 Å². The SMILES string of the molecule is O=C(COC(=O)CCCNC(=O)c1ccc(Cl)cc1)NCc1ccc2c(c1)OCO2. The molecule has 9 heteroatoms. The smallest absolute Gasteiger partial charge is 0.306 e. The van der Waals surface area contributed by atoms with Crippen LogP contribution in [0.2, 0.25) is 5.02 Å². The molecule has 0 spiro atoms. The van der Waals surface area contributed by atoms with E-state index in [1.165, 1.54) is 0 Å². The minimum atomic E-state index is -0.506. The molecule has 2 N–H and O–H groups in total. The molecule has 0 radical (unpaired) electrons. The van der Waals surface area contributed by atoms with E-state index in [2.05, 4.69) is 10.6 Å². The number of ether oxygens (including phenoxy) is 3. The summed E-state index contributed by atoms with van der Waals surface area (Å²) in [5.41, 5.74) is 1.33. The Hall–Kier alpha value is -3.26. The van der Waals surface area contributed by atoms with Crippen molar-refractivity contribution in [3.63, 3.8) is 0 Å². The Kier molecular flexibility index (Phi) is 7.51. The van der Waals surface area contributed by atoms with Gasteiger partial charge in [-0.05, 0) is 48.4 Å². The Morgan fingerprint density at radius 2 is 1.77 bits per heavy atom. The van der Waals surface area contributed by atoms with Crippen molar-refractivity contribution in [2.45, 2.75) is 19.4 Å². The highest BCUT2D eigenvalue weighted by atomic mass is 35.5. The molecule has 0 aromatic heterocycles. The predicted molar refractivity (Wildman–Crippen MR) is 108 cm³/mol. The third-order valence-corrected chi connectivity index (χ3v) is 4.49. The van der Waals surface area contributed by atoms with Gasteiger partial charge in [-0.1, -0.05) is 17.7 Å². The zero-order valence-corrected chi connectivity index (χ0v) is 16.9. The number of rotatable bonds is 9. The van der Waals surface area contributed by atoms with Gasteiger partial charge in [0.25, 0.3) is 11.8 Å². The summed E-state index contributed by atoms with van der Waals surface area (Å²) in [6, 6.07) is 11.9. The second-order valence-electron chi connectivity index (χ2n) is 6.49. The lowest BCUT2D eigenvalue weighted by Crippen LogP contribution is -2.28. The van der Waals surface area contributed by atoms with Crippen LogP contribution in [0.4, 0.5) is 0 Å². The molecule has 1 aliphatic rings. The first-order chi connectivity index (χ1) is 14.5. The molecule has 2 amide bonds. The maximum absolute atomic E-state index is 11.9. The van der Waals surface area contributed by atoms with Gasteiger partial charge in [0.2, 0.25) is 6.79 Å². The van der Waals surface area contributed by atoms with E-state index in [1.54, 1.807) is 36.4 Å². The van der Waals surface area contributed by atoms with Crippen LogP contribution < -0.4 is 20.1 Å². The van der Waals surface area contributed by atoms with Crippen molar-refractivity contribution >= 4 is 29.4 Å². The minimum Gasteiger partial charge on any atom is -0.456 e. The van der Waals surface area contributed by atoms with Gasteiger partial charge in [-0.25, -0.2) is 0 Å². The average molecular weight is 433 g/mol. The van der Waals surface area contributed by atoms with Crippen LogP contribution in [-0.2, 0) is 20.9 Å². The van der Waals surface area contributed by atoms with Crippen molar-refractivity contribution in [3.8, 4) is 11.5 Å². The number of halogens is 1. The molecule has 0 atom stereocenters. The quantitative estimate of drug-likeness (QED) is 0.466. The molecular weight excluding hydrogens is 412 g/mol. The molecule has 0 unspecified atom stereocenters. The normalized spacial score (nSPS) is 11.6. The van der Waals surface area contributed by atoms with Gasteiger partial charge in [0.05, 0.1) is 0 Å². The van der Waals surface area contributed by atoms with E-state index in [0.717, 1.165) is 5.56 Å². The fourth-order valence-electron chi connectivity index (χ4n) is 2.66. The van der Waals surface area contributed by atoms with E-state index in [0.29, 0.717) is 35.1 Å². The molecule has 8 nitrogen and oxygen atoms in total. The standard InChI is InChI=1S/C21H21ClN2O6/c22-16-6-4-15(5-7-16)21(27)23-9-1-2-20(26)28-12-19(25)24-11-14-3-8-17-18(10-14)30-13-29-17/h3-8,10H,1-2,9,11-13H2,(H,23,27)(H,24,25). The number of fused-ring (bicyclic) bond motifs is 1. The highest BCUT2D eigenvalue weighted by Gasteiger charge is 2.14. The van der Waals surface area contributed by atoms with Gasteiger partial charge in [0, 0.05) is 30.1 Å². The minimum absolute atomic E-state index is 0.0936. The van der Waals surface area contributed by atoms with Crippen molar-refractivity contribution in [3.05, 3.63) is 58.6 Å². The van der Waals surface area contributed by atoms with Crippen LogP contribution in [-0.4, -0.2) is 37.7 Å². The maximum Gasteiger partial charge on any atom is 0.306 e. The van der Waals surface area contributed by atoms with Crippen molar-refractivity contribution < 1.29 is 28.6 Å². The van der Waals surface area contributed by atoms with Crippen LogP contribution in [0.5, 0.6) is 11.5 Å². The van der Waals surface area contributed by atoms with Crippen molar-refractivity contribution in [2.75, 3.05) is 19.9 Å². The molecule has 0 bridgehead atoms. The van der Waals surface area contributed by atoms with E-state index in [1.807, 2.05) is 6.07 Å². The molecule has 0 aliphatic carbocycles. The van der Waals surface area contributed by atoms with Gasteiger partial charge in [0.1, 0.15) is 0 Å². The molecule has 30 heavy (non-hydrogen) atoms. The second kappa shape index (κ2) is 10.5. The maximum atomic E-state index is 11.9. The molecule has 1 aliphatic heterocycles. The first-order valence-electron chi connectivity index (χ1n) is 9.36. The molecule has 158 valence electrons. The average Bonchev–Trinajstić information content (AvgIpc) is 3.22. The summed E-state index contributed by atoms with van der Waals surface area (Å²) < 4.78 is 15.5. The Balaban J connectivity index is 1.27. The summed E-state index contributed by atoms with van der Waals surface area (Å²) in [5.74, 6) is 0.147.